The summed E-state index contributed by atoms with van der Waals surface area (Å²) < 4.78 is 72.7. The summed E-state index contributed by atoms with van der Waals surface area (Å²) in [5, 5.41) is 15.1. The number of esters is 1. The number of likely N-dealkylation sites (N-methyl/N-ethyl adjacent to an activating group) is 2. The molecule has 1 fully saturated rings. The first-order valence-corrected chi connectivity index (χ1v) is 15.5. The van der Waals surface area contributed by atoms with Crippen molar-refractivity contribution < 1.29 is 46.2 Å². The number of amides is 2. The second-order valence-corrected chi connectivity index (χ2v) is 12.9. The molecule has 45 heavy (non-hydrogen) atoms. The van der Waals surface area contributed by atoms with Crippen molar-refractivity contribution in [1.82, 2.24) is 20.1 Å². The molecule has 1 saturated heterocycles. The number of ether oxygens (including phenoxy) is 1. The fourth-order valence-electron chi connectivity index (χ4n) is 5.31. The van der Waals surface area contributed by atoms with Crippen LogP contribution in [0.3, 0.4) is 0 Å². The zero-order chi connectivity index (χ0) is 34.0. The second-order valence-electron chi connectivity index (χ2n) is 12.0. The minimum Gasteiger partial charge on any atom is -0.415 e. The molecule has 0 unspecified atom stereocenters. The van der Waals surface area contributed by atoms with E-state index >= 15 is 0 Å². The number of hydrogen-bond donors (Lipinski definition) is 2. The van der Waals surface area contributed by atoms with Gasteiger partial charge in [0.2, 0.25) is 46.6 Å². The number of nitrogens with zero attached hydrogens (tertiary/aromatic N) is 3. The highest BCUT2D eigenvalue weighted by Gasteiger charge is 2.43. The number of aliphatic hydroxyl groups is 1. The van der Waals surface area contributed by atoms with Crippen molar-refractivity contribution in [2.45, 2.75) is 84.0 Å². The van der Waals surface area contributed by atoms with Crippen molar-refractivity contribution in [2.24, 2.45) is 11.8 Å². The average Bonchev–Trinajstić information content (AvgIpc) is 3.64. The van der Waals surface area contributed by atoms with E-state index in [4.69, 9.17) is 0 Å². The maximum atomic E-state index is 14.0. The van der Waals surface area contributed by atoms with Crippen LogP contribution in [0, 0.1) is 40.9 Å². The predicted octanol–water partition coefficient (Wildman–Crippen LogP) is 4.98. The molecule has 0 radical (unpaired) electrons. The molecule has 3 rings (SSSR count). The number of benzene rings is 1. The molecule has 15 heteroatoms. The molecule has 0 bridgehead atoms. The molecule has 5 atom stereocenters. The first kappa shape index (κ1) is 36.3. The van der Waals surface area contributed by atoms with Crippen molar-refractivity contribution in [1.29, 1.82) is 0 Å². The topological polar surface area (TPSA) is 112 Å². The Balaban J connectivity index is 1.76. The summed E-state index contributed by atoms with van der Waals surface area (Å²) in [7, 11) is 3.46. The lowest BCUT2D eigenvalue weighted by Gasteiger charge is -2.38. The number of thiazole rings is 1. The SMILES string of the molecule is CC[C@H](C)[C@H](NC(=O)[C@@]1(C)CCCN1C)C(=O)N(C)[C@H](C[C@H](O)c1nc(C(=O)Oc2c(F)c(F)c(F)c(F)c2F)cs1)C(C)C. The van der Waals surface area contributed by atoms with E-state index in [0.717, 1.165) is 29.7 Å². The minimum atomic E-state index is -2.40. The highest BCUT2D eigenvalue weighted by molar-refractivity contribution is 7.09. The van der Waals surface area contributed by atoms with Crippen LogP contribution >= 0.6 is 11.3 Å². The normalized spacial score (nSPS) is 19.7. The van der Waals surface area contributed by atoms with Crippen LogP contribution < -0.4 is 10.1 Å². The van der Waals surface area contributed by atoms with Gasteiger partial charge >= 0.3 is 5.97 Å². The smallest absolute Gasteiger partial charge is 0.363 e. The third-order valence-corrected chi connectivity index (χ3v) is 9.66. The molecule has 2 aromatic rings. The number of hydrogen-bond acceptors (Lipinski definition) is 8. The summed E-state index contributed by atoms with van der Waals surface area (Å²) in [6.07, 6.45) is 0.813. The minimum absolute atomic E-state index is 0.00478. The quantitative estimate of drug-likeness (QED) is 0.108. The zero-order valence-electron chi connectivity index (χ0n) is 26.2. The molecule has 0 aliphatic carbocycles. The molecule has 1 aromatic heterocycles. The van der Waals surface area contributed by atoms with Crippen molar-refractivity contribution in [2.75, 3.05) is 20.6 Å². The number of aromatic nitrogens is 1. The molecule has 250 valence electrons. The van der Waals surface area contributed by atoms with E-state index in [1.54, 1.807) is 7.05 Å². The molecular formula is C30H39F5N4O5S. The Morgan fingerprint density at radius 2 is 1.69 bits per heavy atom. The largest absolute Gasteiger partial charge is 0.415 e. The number of nitrogens with one attached hydrogen (secondary N) is 1. The molecule has 9 nitrogen and oxygen atoms in total. The zero-order valence-corrected chi connectivity index (χ0v) is 27.0. The lowest BCUT2D eigenvalue weighted by Crippen LogP contribution is -2.60. The Morgan fingerprint density at radius 3 is 2.20 bits per heavy atom. The monoisotopic (exact) mass is 662 g/mol. The van der Waals surface area contributed by atoms with Gasteiger partial charge < -0.3 is 20.1 Å². The lowest BCUT2D eigenvalue weighted by atomic mass is 9.91. The molecule has 1 aliphatic heterocycles. The number of halogens is 5. The van der Waals surface area contributed by atoms with Gasteiger partial charge in [0.15, 0.2) is 5.69 Å². The van der Waals surface area contributed by atoms with Crippen molar-refractivity contribution in [3.8, 4) is 5.75 Å². The lowest BCUT2D eigenvalue weighted by molar-refractivity contribution is -0.142. The van der Waals surface area contributed by atoms with Crippen LogP contribution in [0.5, 0.6) is 5.75 Å². The number of likely N-dealkylation sites (tertiary alicyclic amines) is 1. The Hall–Kier alpha value is -3.17. The van der Waals surface area contributed by atoms with E-state index in [1.165, 1.54) is 4.90 Å². The van der Waals surface area contributed by atoms with Crippen LogP contribution in [-0.4, -0.2) is 75.9 Å². The van der Waals surface area contributed by atoms with Gasteiger partial charge in [-0.05, 0) is 45.2 Å². The van der Waals surface area contributed by atoms with Crippen molar-refractivity contribution in [3.05, 3.63) is 45.2 Å². The number of aliphatic hydroxyl groups excluding tert-OH is 1. The summed E-state index contributed by atoms with van der Waals surface area (Å²) in [4.78, 5) is 47.1. The van der Waals surface area contributed by atoms with Crippen LogP contribution in [0.4, 0.5) is 22.0 Å². The molecule has 2 N–H and O–H groups in total. The molecule has 1 aromatic carbocycles. The van der Waals surface area contributed by atoms with Gasteiger partial charge in [0.1, 0.15) is 17.2 Å². The molecule has 0 saturated carbocycles. The van der Waals surface area contributed by atoms with E-state index in [0.29, 0.717) is 12.8 Å². The number of rotatable bonds is 12. The number of carbonyl (C=O) groups excluding carboxylic acids is 3. The predicted molar refractivity (Wildman–Crippen MR) is 156 cm³/mol. The highest BCUT2D eigenvalue weighted by atomic mass is 32.1. The standard InChI is InChI=1S/C30H39F5N4O5S/c1-8-15(4)24(37-29(43)30(5)10-9-11-38(30)6)27(41)39(7)17(14(2)3)12-18(40)26-36-16(13-45-26)28(42)44-25-22(34)20(32)19(31)21(33)23(25)35/h13-15,17-18,24,40H,8-12H2,1-7H3,(H,37,43)/t15-,17+,18-,24-,30+/m0/s1. The van der Waals surface area contributed by atoms with Crippen LogP contribution in [0.2, 0.25) is 0 Å². The molecule has 2 amide bonds. The Morgan fingerprint density at radius 1 is 1.11 bits per heavy atom. The summed E-state index contributed by atoms with van der Waals surface area (Å²) in [6, 6.07) is -1.37. The summed E-state index contributed by atoms with van der Waals surface area (Å²) in [5.74, 6) is -15.8. The maximum Gasteiger partial charge on any atom is 0.363 e. The third kappa shape index (κ3) is 7.46. The summed E-state index contributed by atoms with van der Waals surface area (Å²) in [6.45, 7) is 10.1. The molecule has 2 heterocycles. The average molecular weight is 663 g/mol. The molecular weight excluding hydrogens is 623 g/mol. The molecule has 0 spiro atoms. The summed E-state index contributed by atoms with van der Waals surface area (Å²) >= 11 is 0.802. The third-order valence-electron chi connectivity index (χ3n) is 8.71. The van der Waals surface area contributed by atoms with E-state index < -0.39 is 70.2 Å². The van der Waals surface area contributed by atoms with Crippen molar-refractivity contribution in [3.63, 3.8) is 0 Å². The van der Waals surface area contributed by atoms with Crippen LogP contribution in [-0.2, 0) is 9.59 Å². The van der Waals surface area contributed by atoms with Gasteiger partial charge in [0.05, 0.1) is 5.54 Å². The maximum absolute atomic E-state index is 14.0. The molecule has 1 aliphatic rings. The van der Waals surface area contributed by atoms with E-state index in [-0.39, 0.29) is 35.1 Å². The van der Waals surface area contributed by atoms with Gasteiger partial charge in [-0.15, -0.1) is 11.3 Å². The van der Waals surface area contributed by atoms with Gasteiger partial charge in [0.25, 0.3) is 0 Å². The van der Waals surface area contributed by atoms with Gasteiger partial charge in [-0.25, -0.2) is 22.9 Å². The summed E-state index contributed by atoms with van der Waals surface area (Å²) in [5.41, 5.74) is -1.27. The fourth-order valence-corrected chi connectivity index (χ4v) is 6.09. The van der Waals surface area contributed by atoms with Crippen LogP contribution in [0.15, 0.2) is 5.38 Å². The second kappa shape index (κ2) is 14.5. The highest BCUT2D eigenvalue weighted by Crippen LogP contribution is 2.32. The fraction of sp³-hybridized carbons (Fsp3) is 0.600. The Labute approximate surface area is 262 Å². The van der Waals surface area contributed by atoms with Gasteiger partial charge in [-0.1, -0.05) is 34.1 Å². The van der Waals surface area contributed by atoms with Crippen molar-refractivity contribution >= 4 is 29.1 Å². The van der Waals surface area contributed by atoms with E-state index in [1.807, 2.05) is 46.6 Å². The first-order chi connectivity index (χ1) is 21.0. The Bertz CT molecular complexity index is 1400. The van der Waals surface area contributed by atoms with Gasteiger partial charge in [-0.3, -0.25) is 14.5 Å². The van der Waals surface area contributed by atoms with Crippen LogP contribution in [0.25, 0.3) is 0 Å². The first-order valence-electron chi connectivity index (χ1n) is 14.6. The van der Waals surface area contributed by atoms with Crippen LogP contribution in [0.1, 0.15) is 81.9 Å². The van der Waals surface area contributed by atoms with E-state index in [9.17, 15) is 41.4 Å². The van der Waals surface area contributed by atoms with Gasteiger partial charge in [-0.2, -0.15) is 8.78 Å². The number of carbonyl (C=O) groups is 3. The van der Waals surface area contributed by atoms with E-state index in [2.05, 4.69) is 15.0 Å². The van der Waals surface area contributed by atoms with Gasteiger partial charge in [0, 0.05) is 24.9 Å². The Kier molecular flexibility index (Phi) is 11.7.